The maximum atomic E-state index is 11.8. The molecule has 5 heteroatoms. The molecule has 2 aliphatic carbocycles. The monoisotopic (exact) mass is 278 g/mol. The van der Waals surface area contributed by atoms with Gasteiger partial charge in [0, 0.05) is 0 Å². The summed E-state index contributed by atoms with van der Waals surface area (Å²) < 4.78 is 0. The van der Waals surface area contributed by atoms with Crippen molar-refractivity contribution in [1.82, 2.24) is 0 Å². The second-order valence-corrected chi connectivity index (χ2v) is 6.50. The fraction of sp³-hybridized carbons (Fsp3) is 0.571. The second kappa shape index (κ2) is 5.33. The van der Waals surface area contributed by atoms with E-state index in [0.29, 0.717) is 12.3 Å². The van der Waals surface area contributed by atoms with Crippen LogP contribution in [0.3, 0.4) is 0 Å². The highest BCUT2D eigenvalue weighted by Crippen LogP contribution is 2.49. The van der Waals surface area contributed by atoms with Crippen molar-refractivity contribution in [3.8, 4) is 0 Å². The minimum Gasteiger partial charge on any atom is -0.380 e. The number of hydrogen-bond donors (Lipinski definition) is 1. The molecule has 3 rings (SSSR count). The number of carbonyl (C=O) groups excluding carboxylic acids is 1. The molecule has 2 N–H and O–H groups in total. The summed E-state index contributed by atoms with van der Waals surface area (Å²) in [4.78, 5) is 17.5. The Kier molecular flexibility index (Phi) is 3.55. The van der Waals surface area contributed by atoms with Crippen LogP contribution in [0.5, 0.6) is 0 Å². The highest BCUT2D eigenvalue weighted by atomic mass is 32.1. The molecule has 2 bridgehead atoms. The molecule has 0 spiro atoms. The van der Waals surface area contributed by atoms with E-state index in [1.165, 1.54) is 37.0 Å². The number of amidine groups is 1. The van der Waals surface area contributed by atoms with Gasteiger partial charge in [-0.05, 0) is 48.5 Å². The molecule has 2 fully saturated rings. The Hall–Kier alpha value is -1.36. The molecule has 19 heavy (non-hydrogen) atoms. The molecule has 0 aliphatic heterocycles. The maximum Gasteiger partial charge on any atom is 0.335 e. The van der Waals surface area contributed by atoms with E-state index in [1.807, 2.05) is 17.5 Å². The molecule has 102 valence electrons. The predicted molar refractivity (Wildman–Crippen MR) is 74.7 cm³/mol. The van der Waals surface area contributed by atoms with Gasteiger partial charge in [-0.25, -0.2) is 4.79 Å². The van der Waals surface area contributed by atoms with E-state index in [1.54, 1.807) is 0 Å². The number of nitrogens with zero attached hydrogens (tertiary/aromatic N) is 1. The highest BCUT2D eigenvalue weighted by molar-refractivity contribution is 7.12. The minimum absolute atomic E-state index is 0.253. The van der Waals surface area contributed by atoms with Gasteiger partial charge in [0.25, 0.3) is 0 Å². The molecule has 0 aromatic carbocycles. The molecule has 4 nitrogen and oxygen atoms in total. The Morgan fingerprint density at radius 1 is 1.47 bits per heavy atom. The second-order valence-electron chi connectivity index (χ2n) is 5.56. The molecule has 2 saturated carbocycles. The number of rotatable bonds is 4. The zero-order chi connectivity index (χ0) is 13.2. The fourth-order valence-electron chi connectivity index (χ4n) is 3.45. The molecule has 1 aromatic heterocycles. The quantitative estimate of drug-likeness (QED) is 0.398. The van der Waals surface area contributed by atoms with Gasteiger partial charge in [0.1, 0.15) is 0 Å². The number of thiophene rings is 1. The largest absolute Gasteiger partial charge is 0.380 e. The van der Waals surface area contributed by atoms with Gasteiger partial charge in [-0.2, -0.15) is 0 Å². The van der Waals surface area contributed by atoms with E-state index in [0.717, 1.165) is 16.7 Å². The van der Waals surface area contributed by atoms with Crippen molar-refractivity contribution in [3.05, 3.63) is 22.4 Å². The lowest BCUT2D eigenvalue weighted by Crippen LogP contribution is -2.18. The van der Waals surface area contributed by atoms with Crippen LogP contribution in [-0.4, -0.2) is 11.8 Å². The van der Waals surface area contributed by atoms with Crippen LogP contribution >= 0.6 is 11.3 Å². The van der Waals surface area contributed by atoms with Gasteiger partial charge >= 0.3 is 5.97 Å². The molecular weight excluding hydrogens is 260 g/mol. The number of nitrogens with two attached hydrogens (primary N) is 1. The lowest BCUT2D eigenvalue weighted by molar-refractivity contribution is -0.145. The predicted octanol–water partition coefficient (Wildman–Crippen LogP) is 2.74. The van der Waals surface area contributed by atoms with Crippen LogP contribution in [0.4, 0.5) is 0 Å². The summed E-state index contributed by atoms with van der Waals surface area (Å²) in [7, 11) is 0. The number of hydrogen-bond acceptors (Lipinski definition) is 4. The Morgan fingerprint density at radius 3 is 3.00 bits per heavy atom. The summed E-state index contributed by atoms with van der Waals surface area (Å²) in [5.41, 5.74) is 5.74. The SMILES string of the molecule is N/C(=N/OC(=O)C[C@H]1C[C@@H]2CC[C@@H]1C2)c1cccs1. The van der Waals surface area contributed by atoms with E-state index in [4.69, 9.17) is 10.6 Å². The van der Waals surface area contributed by atoms with E-state index >= 15 is 0 Å². The zero-order valence-electron chi connectivity index (χ0n) is 10.7. The highest BCUT2D eigenvalue weighted by Gasteiger charge is 2.40. The molecule has 0 unspecified atom stereocenters. The smallest absolute Gasteiger partial charge is 0.335 e. The van der Waals surface area contributed by atoms with Gasteiger partial charge in [-0.15, -0.1) is 11.3 Å². The average molecular weight is 278 g/mol. The van der Waals surface area contributed by atoms with Crippen molar-refractivity contribution in [3.63, 3.8) is 0 Å². The van der Waals surface area contributed by atoms with Crippen molar-refractivity contribution >= 4 is 23.1 Å². The molecule has 1 aromatic rings. The van der Waals surface area contributed by atoms with Crippen LogP contribution in [0.25, 0.3) is 0 Å². The van der Waals surface area contributed by atoms with Gasteiger partial charge in [-0.1, -0.05) is 17.6 Å². The Morgan fingerprint density at radius 2 is 2.37 bits per heavy atom. The van der Waals surface area contributed by atoms with Crippen LogP contribution in [0, 0.1) is 17.8 Å². The fourth-order valence-corrected chi connectivity index (χ4v) is 4.07. The number of fused-ring (bicyclic) bond motifs is 2. The first-order valence-electron chi connectivity index (χ1n) is 6.79. The van der Waals surface area contributed by atoms with E-state index in [-0.39, 0.29) is 11.8 Å². The zero-order valence-corrected chi connectivity index (χ0v) is 11.6. The third-order valence-electron chi connectivity index (χ3n) is 4.33. The first kappa shape index (κ1) is 12.7. The van der Waals surface area contributed by atoms with Gasteiger partial charge in [0.05, 0.1) is 11.3 Å². The van der Waals surface area contributed by atoms with Crippen LogP contribution in [0.2, 0.25) is 0 Å². The first-order chi connectivity index (χ1) is 9.22. The molecule has 0 amide bonds. The standard InChI is InChI=1S/C14H18N2O2S/c15-14(12-2-1-5-19-12)16-18-13(17)8-11-7-9-3-4-10(11)6-9/h1-2,5,9-11H,3-4,6-8H2,(H2,15,16)/t9-,10-,11-/m1/s1. The third kappa shape index (κ3) is 2.81. The van der Waals surface area contributed by atoms with Crippen molar-refractivity contribution in [2.45, 2.75) is 32.1 Å². The lowest BCUT2D eigenvalue weighted by Gasteiger charge is -2.19. The summed E-state index contributed by atoms with van der Waals surface area (Å²) in [6, 6.07) is 3.74. The summed E-state index contributed by atoms with van der Waals surface area (Å²) in [6.07, 6.45) is 5.60. The maximum absolute atomic E-state index is 11.8. The van der Waals surface area contributed by atoms with E-state index in [9.17, 15) is 4.79 Å². The molecule has 2 aliphatic rings. The van der Waals surface area contributed by atoms with Crippen molar-refractivity contribution < 1.29 is 9.63 Å². The summed E-state index contributed by atoms with van der Waals surface area (Å²) in [5.74, 6) is 2.11. The third-order valence-corrected chi connectivity index (χ3v) is 5.23. The van der Waals surface area contributed by atoms with Crippen LogP contribution in [0.15, 0.2) is 22.7 Å². The molecule has 0 radical (unpaired) electrons. The van der Waals surface area contributed by atoms with Gasteiger partial charge in [0.2, 0.25) is 0 Å². The van der Waals surface area contributed by atoms with Gasteiger partial charge < -0.3 is 10.6 Å². The normalized spacial score (nSPS) is 29.7. The van der Waals surface area contributed by atoms with Crippen molar-refractivity contribution in [1.29, 1.82) is 0 Å². The van der Waals surface area contributed by atoms with Gasteiger partial charge in [0.15, 0.2) is 5.84 Å². The summed E-state index contributed by atoms with van der Waals surface area (Å²) in [5, 5.41) is 5.64. The van der Waals surface area contributed by atoms with Crippen LogP contribution < -0.4 is 5.73 Å². The summed E-state index contributed by atoms with van der Waals surface area (Å²) in [6.45, 7) is 0. The van der Waals surface area contributed by atoms with Crippen LogP contribution in [0.1, 0.15) is 37.0 Å². The van der Waals surface area contributed by atoms with E-state index < -0.39 is 0 Å². The Bertz CT molecular complexity index is 484. The molecular formula is C14H18N2O2S. The van der Waals surface area contributed by atoms with Gasteiger partial charge in [-0.3, -0.25) is 0 Å². The number of oxime groups is 1. The van der Waals surface area contributed by atoms with Crippen LogP contribution in [-0.2, 0) is 9.63 Å². The number of carbonyl (C=O) groups is 1. The van der Waals surface area contributed by atoms with E-state index in [2.05, 4.69) is 5.16 Å². The lowest BCUT2D eigenvalue weighted by atomic mass is 9.86. The molecule has 1 heterocycles. The first-order valence-corrected chi connectivity index (χ1v) is 7.67. The topological polar surface area (TPSA) is 64.7 Å². The molecule has 3 atom stereocenters. The van der Waals surface area contributed by atoms with Crippen molar-refractivity contribution in [2.75, 3.05) is 0 Å². The minimum atomic E-state index is -0.253. The van der Waals surface area contributed by atoms with Crippen molar-refractivity contribution in [2.24, 2.45) is 28.6 Å². The summed E-state index contributed by atoms with van der Waals surface area (Å²) >= 11 is 1.48. The Balaban J connectivity index is 1.50. The molecule has 0 saturated heterocycles. The average Bonchev–Trinajstić information content (AvgIpc) is 3.12. The Labute approximate surface area is 116 Å².